The Hall–Kier alpha value is -1.92. The van der Waals surface area contributed by atoms with Gasteiger partial charge in [0.05, 0.1) is 18.7 Å². The number of amides is 1. The van der Waals surface area contributed by atoms with Crippen LogP contribution in [0.15, 0.2) is 46.9 Å². The minimum Gasteiger partial charge on any atom is -0.496 e. The lowest BCUT2D eigenvalue weighted by molar-refractivity contribution is 0.0937. The molecule has 0 bridgehead atoms. The van der Waals surface area contributed by atoms with Crippen LogP contribution in [0, 0.1) is 5.82 Å². The Morgan fingerprint density at radius 3 is 2.67 bits per heavy atom. The van der Waals surface area contributed by atoms with Gasteiger partial charge < -0.3 is 15.0 Å². The zero-order chi connectivity index (χ0) is 17.7. The number of ether oxygens (including phenoxy) is 1. The SMILES string of the molecule is COc1ccccc1[C@@H](CNC(=O)c1cc(Br)ccc1F)N(C)C. The maximum absolute atomic E-state index is 13.8. The summed E-state index contributed by atoms with van der Waals surface area (Å²) >= 11 is 3.25. The maximum Gasteiger partial charge on any atom is 0.254 e. The topological polar surface area (TPSA) is 41.6 Å². The van der Waals surface area contributed by atoms with Crippen molar-refractivity contribution in [2.24, 2.45) is 0 Å². The van der Waals surface area contributed by atoms with Crippen molar-refractivity contribution < 1.29 is 13.9 Å². The van der Waals surface area contributed by atoms with Gasteiger partial charge in [-0.25, -0.2) is 4.39 Å². The molecule has 0 aliphatic rings. The molecule has 0 saturated carbocycles. The van der Waals surface area contributed by atoms with E-state index in [0.717, 1.165) is 11.3 Å². The Kier molecular flexibility index (Phi) is 6.34. The molecule has 0 unspecified atom stereocenters. The lowest BCUT2D eigenvalue weighted by atomic mass is 10.0. The average Bonchev–Trinajstić information content (AvgIpc) is 2.57. The summed E-state index contributed by atoms with van der Waals surface area (Å²) in [6.45, 7) is 0.332. The largest absolute Gasteiger partial charge is 0.496 e. The molecule has 2 aromatic carbocycles. The van der Waals surface area contributed by atoms with Crippen LogP contribution in [0.2, 0.25) is 0 Å². The first-order valence-electron chi connectivity index (χ1n) is 7.46. The molecule has 2 rings (SSSR count). The molecule has 0 fully saturated rings. The van der Waals surface area contributed by atoms with E-state index < -0.39 is 11.7 Å². The van der Waals surface area contributed by atoms with Gasteiger partial charge in [-0.3, -0.25) is 4.79 Å². The highest BCUT2D eigenvalue weighted by atomic mass is 79.9. The fraction of sp³-hybridized carbons (Fsp3) is 0.278. The van der Waals surface area contributed by atoms with Gasteiger partial charge in [-0.15, -0.1) is 0 Å². The summed E-state index contributed by atoms with van der Waals surface area (Å²) in [6.07, 6.45) is 0. The average molecular weight is 395 g/mol. The molecule has 0 aliphatic carbocycles. The monoisotopic (exact) mass is 394 g/mol. The number of benzene rings is 2. The summed E-state index contributed by atoms with van der Waals surface area (Å²) in [4.78, 5) is 14.3. The second-order valence-corrected chi connectivity index (χ2v) is 6.47. The summed E-state index contributed by atoms with van der Waals surface area (Å²) in [6, 6.07) is 11.8. The van der Waals surface area contributed by atoms with Gasteiger partial charge in [0.25, 0.3) is 5.91 Å². The normalized spacial score (nSPS) is 12.1. The van der Waals surface area contributed by atoms with Crippen molar-refractivity contribution in [1.82, 2.24) is 10.2 Å². The number of rotatable bonds is 6. The number of methoxy groups -OCH3 is 1. The highest BCUT2D eigenvalue weighted by Crippen LogP contribution is 2.27. The highest BCUT2D eigenvalue weighted by Gasteiger charge is 2.20. The molecule has 24 heavy (non-hydrogen) atoms. The molecule has 0 spiro atoms. The van der Waals surface area contributed by atoms with E-state index in [0.29, 0.717) is 11.0 Å². The maximum atomic E-state index is 13.8. The van der Waals surface area contributed by atoms with Crippen LogP contribution in [-0.2, 0) is 0 Å². The minimum absolute atomic E-state index is 0.0157. The lowest BCUT2D eigenvalue weighted by Gasteiger charge is -2.26. The van der Waals surface area contributed by atoms with Crippen molar-refractivity contribution in [3.05, 3.63) is 63.9 Å². The number of likely N-dealkylation sites (N-methyl/N-ethyl adjacent to an activating group) is 1. The summed E-state index contributed by atoms with van der Waals surface area (Å²) in [5.74, 6) is -0.246. The van der Waals surface area contributed by atoms with Gasteiger partial charge >= 0.3 is 0 Å². The first kappa shape index (κ1) is 18.4. The van der Waals surface area contributed by atoms with Crippen LogP contribution in [0.25, 0.3) is 0 Å². The van der Waals surface area contributed by atoms with Crippen molar-refractivity contribution in [1.29, 1.82) is 0 Å². The molecule has 6 heteroatoms. The molecule has 1 atom stereocenters. The van der Waals surface area contributed by atoms with Crippen LogP contribution in [0.3, 0.4) is 0 Å². The molecular weight excluding hydrogens is 375 g/mol. The van der Waals surface area contributed by atoms with E-state index in [4.69, 9.17) is 4.74 Å². The van der Waals surface area contributed by atoms with Crippen LogP contribution in [-0.4, -0.2) is 38.6 Å². The molecule has 0 saturated heterocycles. The number of carbonyl (C=O) groups is 1. The highest BCUT2D eigenvalue weighted by molar-refractivity contribution is 9.10. The van der Waals surface area contributed by atoms with Gasteiger partial charge in [0.15, 0.2) is 0 Å². The van der Waals surface area contributed by atoms with Crippen LogP contribution in [0.5, 0.6) is 5.75 Å². The van der Waals surface area contributed by atoms with Gasteiger partial charge in [-0.05, 0) is 38.4 Å². The summed E-state index contributed by atoms with van der Waals surface area (Å²) < 4.78 is 19.9. The Morgan fingerprint density at radius 1 is 1.29 bits per heavy atom. The van der Waals surface area contributed by atoms with Gasteiger partial charge in [0, 0.05) is 16.6 Å². The van der Waals surface area contributed by atoms with Crippen LogP contribution < -0.4 is 10.1 Å². The van der Waals surface area contributed by atoms with Crippen molar-refractivity contribution in [2.75, 3.05) is 27.7 Å². The Morgan fingerprint density at radius 2 is 2.00 bits per heavy atom. The first-order valence-corrected chi connectivity index (χ1v) is 8.26. The quantitative estimate of drug-likeness (QED) is 0.813. The first-order chi connectivity index (χ1) is 11.4. The van der Waals surface area contributed by atoms with E-state index in [1.54, 1.807) is 13.2 Å². The number of carbonyl (C=O) groups excluding carboxylic acids is 1. The summed E-state index contributed by atoms with van der Waals surface area (Å²) in [5, 5.41) is 2.80. The lowest BCUT2D eigenvalue weighted by Crippen LogP contribution is -2.35. The molecule has 2 aromatic rings. The molecular formula is C18H20BrFN2O2. The summed E-state index contributed by atoms with van der Waals surface area (Å²) in [5.41, 5.74) is 0.974. The molecule has 0 heterocycles. The summed E-state index contributed by atoms with van der Waals surface area (Å²) in [7, 11) is 5.45. The van der Waals surface area contributed by atoms with Gasteiger partial charge in [0.1, 0.15) is 11.6 Å². The van der Waals surface area contributed by atoms with E-state index in [2.05, 4.69) is 21.2 Å². The van der Waals surface area contributed by atoms with Crippen molar-refractivity contribution >= 4 is 21.8 Å². The second-order valence-electron chi connectivity index (χ2n) is 5.56. The Bertz CT molecular complexity index is 722. The van der Waals surface area contributed by atoms with Crippen molar-refractivity contribution in [3.8, 4) is 5.75 Å². The van der Waals surface area contributed by atoms with Crippen LogP contribution in [0.1, 0.15) is 22.0 Å². The number of nitrogens with zero attached hydrogens (tertiary/aromatic N) is 1. The van der Waals surface area contributed by atoms with E-state index >= 15 is 0 Å². The standard InChI is InChI=1S/C18H20BrFN2O2/c1-22(2)16(13-6-4-5-7-17(13)24-3)11-21-18(23)14-10-12(19)8-9-15(14)20/h4-10,16H,11H2,1-3H3,(H,21,23)/t16-/m1/s1. The smallest absolute Gasteiger partial charge is 0.254 e. The molecule has 1 amide bonds. The van der Waals surface area contributed by atoms with Crippen LogP contribution in [0.4, 0.5) is 4.39 Å². The molecule has 128 valence electrons. The van der Waals surface area contributed by atoms with E-state index in [-0.39, 0.29) is 11.6 Å². The van der Waals surface area contributed by atoms with Gasteiger partial charge in [-0.1, -0.05) is 34.1 Å². The number of hydrogen-bond acceptors (Lipinski definition) is 3. The van der Waals surface area contributed by atoms with Gasteiger partial charge in [-0.2, -0.15) is 0 Å². The fourth-order valence-corrected chi connectivity index (χ4v) is 2.83. The molecule has 0 radical (unpaired) electrons. The van der Waals surface area contributed by atoms with Crippen molar-refractivity contribution in [3.63, 3.8) is 0 Å². The van der Waals surface area contributed by atoms with Crippen LogP contribution >= 0.6 is 15.9 Å². The predicted octanol–water partition coefficient (Wildman–Crippen LogP) is 3.63. The van der Waals surface area contributed by atoms with E-state index in [1.807, 2.05) is 43.3 Å². The Labute approximate surface area is 149 Å². The molecule has 4 nitrogen and oxygen atoms in total. The second kappa shape index (κ2) is 8.26. The number of hydrogen-bond donors (Lipinski definition) is 1. The third kappa shape index (κ3) is 4.33. The van der Waals surface area contributed by atoms with Gasteiger partial charge in [0.2, 0.25) is 0 Å². The van der Waals surface area contributed by atoms with E-state index in [1.165, 1.54) is 12.1 Å². The number of nitrogens with one attached hydrogen (secondary N) is 1. The molecule has 1 N–H and O–H groups in total. The third-order valence-corrected chi connectivity index (χ3v) is 4.24. The number of para-hydroxylation sites is 1. The third-order valence-electron chi connectivity index (χ3n) is 3.75. The molecule has 0 aromatic heterocycles. The zero-order valence-electron chi connectivity index (χ0n) is 13.8. The minimum atomic E-state index is -0.547. The predicted molar refractivity (Wildman–Crippen MR) is 95.9 cm³/mol. The van der Waals surface area contributed by atoms with Crippen molar-refractivity contribution in [2.45, 2.75) is 6.04 Å². The number of halogens is 2. The Balaban J connectivity index is 2.17. The molecule has 0 aliphatic heterocycles. The zero-order valence-corrected chi connectivity index (χ0v) is 15.4. The van der Waals surface area contributed by atoms with E-state index in [9.17, 15) is 9.18 Å². The fourth-order valence-electron chi connectivity index (χ4n) is 2.47.